The fraction of sp³-hybridized carbons (Fsp3) is 0.688. The molecule has 2 fully saturated rings. The van der Waals surface area contributed by atoms with Gasteiger partial charge in [0.2, 0.25) is 11.8 Å². The van der Waals surface area contributed by atoms with Gasteiger partial charge in [-0.05, 0) is 75.8 Å². The van der Waals surface area contributed by atoms with Crippen molar-refractivity contribution in [2.45, 2.75) is 104 Å². The van der Waals surface area contributed by atoms with E-state index in [1.54, 1.807) is 4.90 Å². The first kappa shape index (κ1) is 31.6. The van der Waals surface area contributed by atoms with E-state index in [2.05, 4.69) is 12.1 Å². The first-order chi connectivity index (χ1) is 18.8. The van der Waals surface area contributed by atoms with E-state index >= 15 is 0 Å². The Morgan fingerprint density at radius 3 is 2.15 bits per heavy atom. The number of carbonyl (C=O) groups is 4. The Balaban J connectivity index is 1.65. The molecule has 3 amide bonds. The number of rotatable bonds is 9. The van der Waals surface area contributed by atoms with Gasteiger partial charge in [0.25, 0.3) is 0 Å². The van der Waals surface area contributed by atoms with Crippen molar-refractivity contribution < 1.29 is 23.9 Å². The number of carbonyl (C=O) groups excluding carboxylic acids is 4. The van der Waals surface area contributed by atoms with Crippen LogP contribution in [0, 0.1) is 17.8 Å². The summed E-state index contributed by atoms with van der Waals surface area (Å²) >= 11 is 0. The van der Waals surface area contributed by atoms with E-state index in [-0.39, 0.29) is 29.9 Å². The molecular formula is C32H49N3O5. The van der Waals surface area contributed by atoms with Crippen LogP contribution in [0.2, 0.25) is 0 Å². The Labute approximate surface area is 240 Å². The molecule has 40 heavy (non-hydrogen) atoms. The summed E-state index contributed by atoms with van der Waals surface area (Å²) in [6, 6.07) is 7.62. The summed E-state index contributed by atoms with van der Waals surface area (Å²) in [6.45, 7) is 13.4. The molecule has 2 saturated heterocycles. The Bertz CT molecular complexity index is 1040. The minimum absolute atomic E-state index is 0.000110. The highest BCUT2D eigenvalue weighted by Gasteiger charge is 2.41. The number of ketones is 1. The third kappa shape index (κ3) is 8.31. The molecule has 0 unspecified atom stereocenters. The predicted molar refractivity (Wildman–Crippen MR) is 156 cm³/mol. The van der Waals surface area contributed by atoms with Crippen LogP contribution in [0.25, 0.3) is 0 Å². The van der Waals surface area contributed by atoms with Crippen LogP contribution < -0.4 is 5.73 Å². The Hall–Kier alpha value is -2.90. The molecule has 222 valence electrons. The van der Waals surface area contributed by atoms with Gasteiger partial charge in [-0.15, -0.1) is 0 Å². The Kier molecular flexibility index (Phi) is 10.8. The topological polar surface area (TPSA) is 110 Å². The quantitative estimate of drug-likeness (QED) is 0.457. The highest BCUT2D eigenvalue weighted by atomic mass is 16.6. The summed E-state index contributed by atoms with van der Waals surface area (Å²) in [7, 11) is 0. The summed E-state index contributed by atoms with van der Waals surface area (Å²) in [6.07, 6.45) is 4.21. The number of nitrogens with zero attached hydrogens (tertiary/aromatic N) is 2. The van der Waals surface area contributed by atoms with Crippen molar-refractivity contribution >= 4 is 23.7 Å². The largest absolute Gasteiger partial charge is 0.444 e. The van der Waals surface area contributed by atoms with Crippen LogP contribution in [0.1, 0.15) is 97.1 Å². The number of nitrogens with two attached hydrogens (primary N) is 1. The molecule has 0 radical (unpaired) electrons. The zero-order chi connectivity index (χ0) is 29.6. The molecule has 2 N–H and O–H groups in total. The van der Waals surface area contributed by atoms with E-state index < -0.39 is 29.6 Å². The zero-order valence-corrected chi connectivity index (χ0v) is 25.3. The van der Waals surface area contributed by atoms with E-state index in [0.717, 1.165) is 50.8 Å². The van der Waals surface area contributed by atoms with Crippen molar-refractivity contribution in [3.8, 4) is 0 Å². The molecule has 1 aromatic carbocycles. The van der Waals surface area contributed by atoms with Gasteiger partial charge < -0.3 is 15.4 Å². The van der Waals surface area contributed by atoms with Gasteiger partial charge >= 0.3 is 6.09 Å². The number of Topliss-reactive ketones (excluding diaryl/α,β-unsaturated/α-hetero) is 1. The second-order valence-electron chi connectivity index (χ2n) is 12.9. The summed E-state index contributed by atoms with van der Waals surface area (Å²) in [4.78, 5) is 54.9. The second-order valence-corrected chi connectivity index (χ2v) is 12.9. The lowest BCUT2D eigenvalue weighted by Crippen LogP contribution is -2.54. The lowest BCUT2D eigenvalue weighted by Gasteiger charge is -2.41. The van der Waals surface area contributed by atoms with E-state index in [9.17, 15) is 19.2 Å². The van der Waals surface area contributed by atoms with Crippen molar-refractivity contribution in [2.75, 3.05) is 19.6 Å². The van der Waals surface area contributed by atoms with Crippen LogP contribution in [0.15, 0.2) is 24.3 Å². The van der Waals surface area contributed by atoms with Crippen LogP contribution in [-0.4, -0.2) is 64.8 Å². The summed E-state index contributed by atoms with van der Waals surface area (Å²) < 4.78 is 5.61. The van der Waals surface area contributed by atoms with Gasteiger partial charge in [-0.2, -0.15) is 0 Å². The van der Waals surface area contributed by atoms with Gasteiger partial charge in [-0.25, -0.2) is 4.79 Å². The van der Waals surface area contributed by atoms with Gasteiger partial charge in [0.15, 0.2) is 5.78 Å². The van der Waals surface area contributed by atoms with Crippen molar-refractivity contribution in [1.82, 2.24) is 9.80 Å². The maximum Gasteiger partial charge on any atom is 0.410 e. The highest BCUT2D eigenvalue weighted by Crippen LogP contribution is 2.32. The SMILES string of the molecule is CC[C@@H]1CCCN(C(=O)OC(C)(C)C)[C@@H]1C(=O)C[C@@H](Cc1ccc(C2CCN(C(=O)C(C)C)CC2)cc1)C(N)=O. The minimum atomic E-state index is -0.658. The number of ether oxygens (including phenoxy) is 1. The normalized spacial score (nSPS) is 21.3. The first-order valence-corrected chi connectivity index (χ1v) is 15.0. The average Bonchev–Trinajstić information content (AvgIpc) is 2.91. The van der Waals surface area contributed by atoms with Gasteiger partial charge in [0.05, 0.1) is 6.04 Å². The average molecular weight is 556 g/mol. The summed E-state index contributed by atoms with van der Waals surface area (Å²) in [5.74, 6) is -0.615. The fourth-order valence-electron chi connectivity index (χ4n) is 6.11. The summed E-state index contributed by atoms with van der Waals surface area (Å²) in [5.41, 5.74) is 7.31. The summed E-state index contributed by atoms with van der Waals surface area (Å²) in [5, 5.41) is 0. The van der Waals surface area contributed by atoms with Crippen LogP contribution in [-0.2, 0) is 25.5 Å². The van der Waals surface area contributed by atoms with Crippen molar-refractivity contribution in [2.24, 2.45) is 23.5 Å². The van der Waals surface area contributed by atoms with Gasteiger partial charge in [0, 0.05) is 37.9 Å². The number of piperidine rings is 2. The molecule has 8 heteroatoms. The number of amides is 3. The van der Waals surface area contributed by atoms with Crippen molar-refractivity contribution in [1.29, 1.82) is 0 Å². The smallest absolute Gasteiger partial charge is 0.410 e. The fourth-order valence-corrected chi connectivity index (χ4v) is 6.11. The first-order valence-electron chi connectivity index (χ1n) is 15.0. The van der Waals surface area contributed by atoms with Gasteiger partial charge in [-0.3, -0.25) is 19.3 Å². The lowest BCUT2D eigenvalue weighted by atomic mass is 9.81. The third-order valence-corrected chi connectivity index (χ3v) is 8.32. The van der Waals surface area contributed by atoms with Crippen LogP contribution in [0.3, 0.4) is 0 Å². The highest BCUT2D eigenvalue weighted by molar-refractivity contribution is 5.91. The molecule has 1 aromatic rings. The molecule has 0 aromatic heterocycles. The van der Waals surface area contributed by atoms with Crippen molar-refractivity contribution in [3.05, 3.63) is 35.4 Å². The Morgan fingerprint density at radius 1 is 1.00 bits per heavy atom. The van der Waals surface area contributed by atoms with E-state index in [1.165, 1.54) is 5.56 Å². The van der Waals surface area contributed by atoms with Crippen LogP contribution in [0.4, 0.5) is 4.79 Å². The molecule has 8 nitrogen and oxygen atoms in total. The zero-order valence-electron chi connectivity index (χ0n) is 25.3. The molecule has 2 aliphatic rings. The standard InChI is InChI=1S/C32H49N3O5/c1-7-23-9-8-16-35(31(39)40-32(4,5)6)28(23)27(36)20-26(29(33)37)19-22-10-12-24(13-11-22)25-14-17-34(18-15-25)30(38)21(2)3/h10-13,21,23,25-26,28H,7-9,14-20H2,1-6H3,(H2,33,37)/t23-,26-,28+/m1/s1. The molecule has 0 bridgehead atoms. The van der Waals surface area contributed by atoms with E-state index in [4.69, 9.17) is 10.5 Å². The molecule has 0 saturated carbocycles. The number of benzene rings is 1. The van der Waals surface area contributed by atoms with E-state index in [1.807, 2.05) is 58.6 Å². The van der Waals surface area contributed by atoms with Gasteiger partial charge in [0.1, 0.15) is 5.60 Å². The Morgan fingerprint density at radius 2 is 1.62 bits per heavy atom. The lowest BCUT2D eigenvalue weighted by molar-refractivity contribution is -0.135. The second kappa shape index (κ2) is 13.6. The van der Waals surface area contributed by atoms with Crippen molar-refractivity contribution in [3.63, 3.8) is 0 Å². The molecular weight excluding hydrogens is 506 g/mol. The van der Waals surface area contributed by atoms with Gasteiger partial charge in [-0.1, -0.05) is 51.5 Å². The maximum absolute atomic E-state index is 13.6. The molecule has 0 aliphatic carbocycles. The number of likely N-dealkylation sites (tertiary alicyclic amines) is 2. The molecule has 0 spiro atoms. The number of hydrogen-bond donors (Lipinski definition) is 1. The number of primary amides is 1. The monoisotopic (exact) mass is 555 g/mol. The van der Waals surface area contributed by atoms with Crippen LogP contribution in [0.5, 0.6) is 0 Å². The van der Waals surface area contributed by atoms with E-state index in [0.29, 0.717) is 18.9 Å². The molecule has 3 rings (SSSR count). The maximum atomic E-state index is 13.6. The molecule has 3 atom stereocenters. The molecule has 2 heterocycles. The third-order valence-electron chi connectivity index (χ3n) is 8.32. The predicted octanol–water partition coefficient (Wildman–Crippen LogP) is 5.08. The van der Waals surface area contributed by atoms with Crippen LogP contribution >= 0.6 is 0 Å². The minimum Gasteiger partial charge on any atom is -0.444 e. The number of hydrogen-bond acceptors (Lipinski definition) is 5. The molecule has 2 aliphatic heterocycles.